The van der Waals surface area contributed by atoms with Crippen LogP contribution in [0.15, 0.2) is 0 Å². The standard InChI is InChI=1S/C17H26F2N2/c1-10-11(2)13(4)15(14(5)12(10)3)16(17(18)19)21-8-6-20-7-9-21/h16-17,20H,6-9H2,1-5H3/t16-/m1/s1. The van der Waals surface area contributed by atoms with Crippen LogP contribution in [0.2, 0.25) is 0 Å². The molecule has 1 heterocycles. The van der Waals surface area contributed by atoms with Gasteiger partial charge in [-0.1, -0.05) is 0 Å². The van der Waals surface area contributed by atoms with E-state index in [0.717, 1.165) is 40.9 Å². The van der Waals surface area contributed by atoms with Gasteiger partial charge < -0.3 is 5.32 Å². The molecule has 1 N–H and O–H groups in total. The maximum absolute atomic E-state index is 13.8. The normalized spacial score (nSPS) is 18.3. The molecule has 0 aliphatic carbocycles. The van der Waals surface area contributed by atoms with Crippen molar-refractivity contribution in [1.29, 1.82) is 0 Å². The van der Waals surface area contributed by atoms with Gasteiger partial charge in [-0.25, -0.2) is 8.78 Å². The van der Waals surface area contributed by atoms with E-state index in [2.05, 4.69) is 12.2 Å². The van der Waals surface area contributed by atoms with E-state index in [0.29, 0.717) is 13.1 Å². The van der Waals surface area contributed by atoms with Crippen LogP contribution in [0, 0.1) is 34.6 Å². The zero-order valence-electron chi connectivity index (χ0n) is 13.7. The van der Waals surface area contributed by atoms with Crippen molar-refractivity contribution in [2.75, 3.05) is 26.2 Å². The quantitative estimate of drug-likeness (QED) is 0.919. The van der Waals surface area contributed by atoms with Crippen LogP contribution in [-0.2, 0) is 0 Å². The van der Waals surface area contributed by atoms with Gasteiger partial charge in [0.2, 0.25) is 0 Å². The Hall–Kier alpha value is -1.00. The van der Waals surface area contributed by atoms with E-state index in [4.69, 9.17) is 0 Å². The average molecular weight is 296 g/mol. The molecule has 1 aromatic rings. The molecule has 2 rings (SSSR count). The van der Waals surface area contributed by atoms with Crippen LogP contribution in [0.25, 0.3) is 0 Å². The first kappa shape index (κ1) is 16.4. The molecule has 0 amide bonds. The van der Waals surface area contributed by atoms with Crippen molar-refractivity contribution in [3.8, 4) is 0 Å². The molecule has 1 aliphatic heterocycles. The Kier molecular flexibility index (Phi) is 4.99. The number of piperazine rings is 1. The third-order valence-corrected chi connectivity index (χ3v) is 5.14. The third kappa shape index (κ3) is 2.97. The largest absolute Gasteiger partial charge is 0.314 e. The van der Waals surface area contributed by atoms with Crippen LogP contribution >= 0.6 is 0 Å². The van der Waals surface area contributed by atoms with Gasteiger partial charge in [0.05, 0.1) is 6.04 Å². The van der Waals surface area contributed by atoms with Crippen LogP contribution in [-0.4, -0.2) is 37.5 Å². The maximum atomic E-state index is 13.8. The van der Waals surface area contributed by atoms with E-state index in [9.17, 15) is 8.78 Å². The van der Waals surface area contributed by atoms with Crippen LogP contribution < -0.4 is 5.32 Å². The van der Waals surface area contributed by atoms with Crippen LogP contribution in [0.3, 0.4) is 0 Å². The van der Waals surface area contributed by atoms with E-state index < -0.39 is 12.5 Å². The summed E-state index contributed by atoms with van der Waals surface area (Å²) in [4.78, 5) is 1.94. The molecule has 2 nitrogen and oxygen atoms in total. The van der Waals surface area contributed by atoms with Crippen molar-refractivity contribution in [3.05, 3.63) is 33.4 Å². The molecule has 1 aromatic carbocycles. The van der Waals surface area contributed by atoms with Gasteiger partial charge in [0.15, 0.2) is 0 Å². The fraction of sp³-hybridized carbons (Fsp3) is 0.647. The summed E-state index contributed by atoms with van der Waals surface area (Å²) in [5.41, 5.74) is 6.41. The highest BCUT2D eigenvalue weighted by molar-refractivity contribution is 5.51. The molecule has 21 heavy (non-hydrogen) atoms. The first-order valence-corrected chi connectivity index (χ1v) is 7.66. The van der Waals surface area contributed by atoms with E-state index in [1.807, 2.05) is 32.6 Å². The highest BCUT2D eigenvalue weighted by atomic mass is 19.3. The molecule has 1 aliphatic rings. The van der Waals surface area contributed by atoms with Gasteiger partial charge in [-0.05, 0) is 68.0 Å². The molecule has 0 spiro atoms. The summed E-state index contributed by atoms with van der Waals surface area (Å²) in [5.74, 6) is 0. The predicted octanol–water partition coefficient (Wildman–Crippen LogP) is 3.44. The monoisotopic (exact) mass is 296 g/mol. The summed E-state index contributed by atoms with van der Waals surface area (Å²) in [7, 11) is 0. The molecule has 0 aromatic heterocycles. The summed E-state index contributed by atoms with van der Waals surface area (Å²) >= 11 is 0. The number of alkyl halides is 2. The molecule has 0 bridgehead atoms. The van der Waals surface area contributed by atoms with Crippen molar-refractivity contribution < 1.29 is 8.78 Å². The number of nitrogens with zero attached hydrogens (tertiary/aromatic N) is 1. The Bertz CT molecular complexity index is 491. The number of nitrogens with one attached hydrogen (secondary N) is 1. The van der Waals surface area contributed by atoms with Gasteiger partial charge in [0.25, 0.3) is 6.43 Å². The predicted molar refractivity (Wildman–Crippen MR) is 83.3 cm³/mol. The molecule has 118 valence electrons. The summed E-state index contributed by atoms with van der Waals surface area (Å²) in [6.07, 6.45) is -2.36. The Morgan fingerprint density at radius 2 is 1.24 bits per heavy atom. The molecule has 4 heteroatoms. The second-order valence-corrected chi connectivity index (χ2v) is 6.10. The highest BCUT2D eigenvalue weighted by Crippen LogP contribution is 2.36. The second-order valence-electron chi connectivity index (χ2n) is 6.10. The van der Waals surface area contributed by atoms with Crippen LogP contribution in [0.4, 0.5) is 8.78 Å². The van der Waals surface area contributed by atoms with Crippen LogP contribution in [0.5, 0.6) is 0 Å². The van der Waals surface area contributed by atoms with E-state index in [1.54, 1.807) is 0 Å². The van der Waals surface area contributed by atoms with Crippen molar-refractivity contribution in [3.63, 3.8) is 0 Å². The Morgan fingerprint density at radius 3 is 1.67 bits per heavy atom. The van der Waals surface area contributed by atoms with Gasteiger partial charge in [-0.2, -0.15) is 0 Å². The molecule has 1 atom stereocenters. The zero-order valence-corrected chi connectivity index (χ0v) is 13.7. The van der Waals surface area contributed by atoms with Crippen molar-refractivity contribution in [1.82, 2.24) is 10.2 Å². The number of halogens is 2. The first-order valence-electron chi connectivity index (χ1n) is 7.66. The van der Waals surface area contributed by atoms with Crippen molar-refractivity contribution in [2.45, 2.75) is 47.1 Å². The highest BCUT2D eigenvalue weighted by Gasteiger charge is 2.33. The topological polar surface area (TPSA) is 15.3 Å². The fourth-order valence-electron chi connectivity index (χ4n) is 3.40. The summed E-state index contributed by atoms with van der Waals surface area (Å²) in [6.45, 7) is 13.1. The molecular formula is C17H26F2N2. The lowest BCUT2D eigenvalue weighted by Crippen LogP contribution is -2.47. The van der Waals surface area contributed by atoms with Gasteiger partial charge in [0.1, 0.15) is 0 Å². The number of hydrogen-bond acceptors (Lipinski definition) is 2. The zero-order chi connectivity index (χ0) is 15.7. The van der Waals surface area contributed by atoms with E-state index >= 15 is 0 Å². The molecule has 1 fully saturated rings. The lowest BCUT2D eigenvalue weighted by molar-refractivity contribution is 0.0175. The lowest BCUT2D eigenvalue weighted by atomic mass is 9.85. The maximum Gasteiger partial charge on any atom is 0.258 e. The van der Waals surface area contributed by atoms with Crippen LogP contribution in [0.1, 0.15) is 39.4 Å². The molecular weight excluding hydrogens is 270 g/mol. The van der Waals surface area contributed by atoms with Crippen molar-refractivity contribution in [2.24, 2.45) is 0 Å². The number of hydrogen-bond donors (Lipinski definition) is 1. The third-order valence-electron chi connectivity index (χ3n) is 5.14. The average Bonchev–Trinajstić information content (AvgIpc) is 2.48. The second kappa shape index (κ2) is 6.41. The number of benzene rings is 1. The number of rotatable bonds is 3. The molecule has 1 saturated heterocycles. The van der Waals surface area contributed by atoms with Gasteiger partial charge >= 0.3 is 0 Å². The Balaban J connectivity index is 2.55. The van der Waals surface area contributed by atoms with Crippen molar-refractivity contribution >= 4 is 0 Å². The van der Waals surface area contributed by atoms with Gasteiger partial charge in [-0.15, -0.1) is 0 Å². The molecule has 0 unspecified atom stereocenters. The van der Waals surface area contributed by atoms with Gasteiger partial charge in [0, 0.05) is 26.2 Å². The minimum Gasteiger partial charge on any atom is -0.314 e. The molecule has 0 radical (unpaired) electrons. The summed E-state index contributed by atoms with van der Waals surface area (Å²) in [5, 5.41) is 3.23. The first-order chi connectivity index (χ1) is 9.86. The lowest BCUT2D eigenvalue weighted by Gasteiger charge is -2.37. The Labute approximate surface area is 126 Å². The Morgan fingerprint density at radius 1 is 0.810 bits per heavy atom. The molecule has 0 saturated carbocycles. The van der Waals surface area contributed by atoms with Gasteiger partial charge in [-0.3, -0.25) is 4.90 Å². The SMILES string of the molecule is Cc1c(C)c(C)c([C@H](C(F)F)N2CCNCC2)c(C)c1C. The summed E-state index contributed by atoms with van der Waals surface area (Å²) in [6, 6.07) is -0.787. The van der Waals surface area contributed by atoms with E-state index in [1.165, 1.54) is 5.56 Å². The van der Waals surface area contributed by atoms with E-state index in [-0.39, 0.29) is 0 Å². The summed E-state index contributed by atoms with van der Waals surface area (Å²) < 4.78 is 27.7. The smallest absolute Gasteiger partial charge is 0.258 e. The minimum absolute atomic E-state index is 0.680. The fourth-order valence-corrected chi connectivity index (χ4v) is 3.40. The minimum atomic E-state index is -2.36.